The molecule has 0 atom stereocenters. The number of rotatable bonds is 9. The number of nitrogens with zero attached hydrogens (tertiary/aromatic N) is 2. The third kappa shape index (κ3) is 5.89. The zero-order valence-corrected chi connectivity index (χ0v) is 23.6. The van der Waals surface area contributed by atoms with Crippen LogP contribution in [0.1, 0.15) is 72.0 Å². The molecule has 200 valence electrons. The number of amidine groups is 1. The van der Waals surface area contributed by atoms with Gasteiger partial charge in [-0.05, 0) is 41.2 Å². The molecule has 0 aromatic heterocycles. The van der Waals surface area contributed by atoms with Crippen LogP contribution >= 0.6 is 0 Å². The van der Waals surface area contributed by atoms with Crippen molar-refractivity contribution in [2.45, 2.75) is 46.6 Å². The molecule has 8 heteroatoms. The van der Waals surface area contributed by atoms with E-state index in [0.717, 1.165) is 34.8 Å². The van der Waals surface area contributed by atoms with Crippen molar-refractivity contribution in [3.63, 3.8) is 0 Å². The normalized spacial score (nSPS) is 13.0. The van der Waals surface area contributed by atoms with Gasteiger partial charge in [-0.2, -0.15) is 0 Å². The van der Waals surface area contributed by atoms with E-state index in [2.05, 4.69) is 45.3 Å². The maximum Gasteiger partial charge on any atom is 0.253 e. The van der Waals surface area contributed by atoms with Crippen molar-refractivity contribution < 1.29 is 14.3 Å². The SMILES string of the molecule is CNC(=O)c1cc2c(cc1N(C)C)CN(CC(=O)c1cc(NCC(C)C)c(OC)c(C(C)(C)C)c1)C2=N. The molecule has 3 rings (SSSR count). The zero-order valence-electron chi connectivity index (χ0n) is 23.6. The summed E-state index contributed by atoms with van der Waals surface area (Å²) >= 11 is 0. The van der Waals surface area contributed by atoms with Gasteiger partial charge in [-0.3, -0.25) is 15.0 Å². The molecule has 3 N–H and O–H groups in total. The number of nitrogens with one attached hydrogen (secondary N) is 3. The Kier molecular flexibility index (Phi) is 8.20. The number of benzene rings is 2. The van der Waals surface area contributed by atoms with Crippen molar-refractivity contribution >= 4 is 28.9 Å². The minimum Gasteiger partial charge on any atom is -0.494 e. The van der Waals surface area contributed by atoms with Gasteiger partial charge in [0.05, 0.1) is 24.9 Å². The summed E-state index contributed by atoms with van der Waals surface area (Å²) in [7, 11) is 7.02. The number of carbonyl (C=O) groups excluding carboxylic acids is 2. The summed E-state index contributed by atoms with van der Waals surface area (Å²) in [6.45, 7) is 11.8. The average molecular weight is 508 g/mol. The molecule has 0 bridgehead atoms. The van der Waals surface area contributed by atoms with Crippen molar-refractivity contribution in [2.75, 3.05) is 51.6 Å². The van der Waals surface area contributed by atoms with Crippen LogP contribution < -0.4 is 20.3 Å². The molecule has 0 saturated heterocycles. The van der Waals surface area contributed by atoms with E-state index in [9.17, 15) is 9.59 Å². The van der Waals surface area contributed by atoms with Gasteiger partial charge in [0.2, 0.25) is 0 Å². The lowest BCUT2D eigenvalue weighted by atomic mass is 9.84. The van der Waals surface area contributed by atoms with E-state index in [1.807, 2.05) is 37.2 Å². The molecule has 8 nitrogen and oxygen atoms in total. The molecule has 0 saturated carbocycles. The van der Waals surface area contributed by atoms with E-state index in [1.165, 1.54) is 0 Å². The van der Waals surface area contributed by atoms with Crippen LogP contribution in [0, 0.1) is 11.3 Å². The molecule has 0 unspecified atom stereocenters. The third-order valence-corrected chi connectivity index (χ3v) is 6.57. The van der Waals surface area contributed by atoms with Crippen LogP contribution in [0.2, 0.25) is 0 Å². The number of ketones is 1. The fourth-order valence-corrected chi connectivity index (χ4v) is 4.54. The van der Waals surface area contributed by atoms with Gasteiger partial charge < -0.3 is 25.2 Å². The maximum atomic E-state index is 13.6. The van der Waals surface area contributed by atoms with Crippen molar-refractivity contribution in [3.05, 3.63) is 52.1 Å². The second-order valence-corrected chi connectivity index (χ2v) is 11.3. The highest BCUT2D eigenvalue weighted by Gasteiger charge is 2.30. The number of amides is 1. The number of ether oxygens (including phenoxy) is 1. The highest BCUT2D eigenvalue weighted by Crippen LogP contribution is 2.39. The Morgan fingerprint density at radius 1 is 1.16 bits per heavy atom. The van der Waals surface area contributed by atoms with Crippen LogP contribution in [0.25, 0.3) is 0 Å². The van der Waals surface area contributed by atoms with Gasteiger partial charge in [0.25, 0.3) is 5.91 Å². The van der Waals surface area contributed by atoms with Gasteiger partial charge in [-0.1, -0.05) is 34.6 Å². The second kappa shape index (κ2) is 10.8. The fourth-order valence-electron chi connectivity index (χ4n) is 4.54. The largest absolute Gasteiger partial charge is 0.494 e. The number of Topliss-reactive ketones (excluding diaryl/α,β-unsaturated/α-hetero) is 1. The first-order valence-electron chi connectivity index (χ1n) is 12.7. The van der Waals surface area contributed by atoms with Gasteiger partial charge in [0, 0.05) is 56.6 Å². The molecule has 0 spiro atoms. The molecule has 2 aromatic carbocycles. The van der Waals surface area contributed by atoms with Crippen molar-refractivity contribution in [1.29, 1.82) is 5.41 Å². The Morgan fingerprint density at radius 2 is 1.84 bits per heavy atom. The van der Waals surface area contributed by atoms with Crippen LogP contribution in [-0.4, -0.2) is 63.8 Å². The lowest BCUT2D eigenvalue weighted by molar-refractivity contribution is 0.0955. The molecule has 1 aliphatic rings. The lowest BCUT2D eigenvalue weighted by Crippen LogP contribution is -2.30. The van der Waals surface area contributed by atoms with E-state index in [1.54, 1.807) is 25.1 Å². The lowest BCUT2D eigenvalue weighted by Gasteiger charge is -2.26. The average Bonchev–Trinajstić information content (AvgIpc) is 3.14. The Labute approximate surface area is 220 Å². The highest BCUT2D eigenvalue weighted by molar-refractivity contribution is 6.08. The van der Waals surface area contributed by atoms with E-state index < -0.39 is 0 Å². The smallest absolute Gasteiger partial charge is 0.253 e. The Bertz CT molecular complexity index is 1210. The monoisotopic (exact) mass is 507 g/mol. The fraction of sp³-hybridized carbons (Fsp3) is 0.483. The summed E-state index contributed by atoms with van der Waals surface area (Å²) < 4.78 is 5.78. The molecule has 37 heavy (non-hydrogen) atoms. The number of fused-ring (bicyclic) bond motifs is 1. The van der Waals surface area contributed by atoms with Crippen LogP contribution in [-0.2, 0) is 12.0 Å². The van der Waals surface area contributed by atoms with Gasteiger partial charge in [0.15, 0.2) is 5.78 Å². The summed E-state index contributed by atoms with van der Waals surface area (Å²) in [6.07, 6.45) is 0. The quantitative estimate of drug-likeness (QED) is 0.432. The molecule has 1 amide bonds. The topological polar surface area (TPSA) is 97.8 Å². The molecule has 0 fully saturated rings. The van der Waals surface area contributed by atoms with Crippen molar-refractivity contribution in [3.8, 4) is 5.75 Å². The van der Waals surface area contributed by atoms with E-state index >= 15 is 0 Å². The molecule has 1 heterocycles. The van der Waals surface area contributed by atoms with Crippen LogP contribution in [0.3, 0.4) is 0 Å². The van der Waals surface area contributed by atoms with Crippen LogP contribution in [0.4, 0.5) is 11.4 Å². The first kappa shape index (κ1) is 28.0. The summed E-state index contributed by atoms with van der Waals surface area (Å²) in [5.74, 6) is 1.16. The number of methoxy groups -OCH3 is 1. The van der Waals surface area contributed by atoms with Gasteiger partial charge in [-0.25, -0.2) is 0 Å². The molecule has 2 aromatic rings. The van der Waals surface area contributed by atoms with Crippen LogP contribution in [0.5, 0.6) is 5.75 Å². The van der Waals surface area contributed by atoms with E-state index in [-0.39, 0.29) is 29.5 Å². The molecular formula is C29H41N5O3. The Morgan fingerprint density at radius 3 is 2.38 bits per heavy atom. The molecule has 0 radical (unpaired) electrons. The standard InChI is InChI=1S/C29H41N5O3/c1-17(2)14-32-23-11-18(10-22(26(23)37-9)29(3,4)5)25(35)16-34-15-19-12-24(33(7)8)21(28(36)31-6)13-20(19)27(34)30/h10-13,17,30,32H,14-16H2,1-9H3,(H,31,36). The summed E-state index contributed by atoms with van der Waals surface area (Å²) in [6, 6.07) is 7.48. The molecule has 1 aliphatic heterocycles. The number of hydrogen-bond acceptors (Lipinski definition) is 6. The Balaban J connectivity index is 1.95. The summed E-state index contributed by atoms with van der Waals surface area (Å²) in [5.41, 5.74) is 5.02. The Hall–Kier alpha value is -3.55. The summed E-state index contributed by atoms with van der Waals surface area (Å²) in [4.78, 5) is 29.7. The predicted octanol–water partition coefficient (Wildman–Crippen LogP) is 4.51. The van der Waals surface area contributed by atoms with Crippen molar-refractivity contribution in [2.24, 2.45) is 5.92 Å². The first-order valence-corrected chi connectivity index (χ1v) is 12.7. The minimum atomic E-state index is -0.231. The van der Waals surface area contributed by atoms with E-state index in [4.69, 9.17) is 10.1 Å². The number of anilines is 2. The first-order chi connectivity index (χ1) is 17.3. The van der Waals surface area contributed by atoms with Gasteiger partial charge in [0.1, 0.15) is 11.6 Å². The number of hydrogen-bond donors (Lipinski definition) is 3. The zero-order chi connectivity index (χ0) is 27.7. The molecule has 0 aliphatic carbocycles. The number of carbonyl (C=O) groups is 2. The third-order valence-electron chi connectivity index (χ3n) is 6.57. The predicted molar refractivity (Wildman–Crippen MR) is 151 cm³/mol. The van der Waals surface area contributed by atoms with Crippen LogP contribution in [0.15, 0.2) is 24.3 Å². The summed E-state index contributed by atoms with van der Waals surface area (Å²) in [5, 5.41) is 14.9. The van der Waals surface area contributed by atoms with Crippen molar-refractivity contribution in [1.82, 2.24) is 10.2 Å². The van der Waals surface area contributed by atoms with Gasteiger partial charge in [-0.15, -0.1) is 0 Å². The maximum absolute atomic E-state index is 13.6. The highest BCUT2D eigenvalue weighted by atomic mass is 16.5. The van der Waals surface area contributed by atoms with E-state index in [0.29, 0.717) is 29.2 Å². The molecular weight excluding hydrogens is 466 g/mol. The minimum absolute atomic E-state index is 0.0691. The second-order valence-electron chi connectivity index (χ2n) is 11.3. The van der Waals surface area contributed by atoms with Gasteiger partial charge >= 0.3 is 0 Å².